The smallest absolute Gasteiger partial charge is 0.216 e. The predicted molar refractivity (Wildman–Crippen MR) is 99.8 cm³/mol. The first kappa shape index (κ1) is 21.7. The minimum absolute atomic E-state index is 0. The Labute approximate surface area is 162 Å². The Bertz CT molecular complexity index is 896. The van der Waals surface area contributed by atoms with Crippen LogP contribution in [0.3, 0.4) is 0 Å². The third-order valence-corrected chi connectivity index (χ3v) is 5.81. The van der Waals surface area contributed by atoms with Gasteiger partial charge in [0.2, 0.25) is 10.0 Å². The predicted octanol–water partition coefficient (Wildman–Crippen LogP) is 3.09. The van der Waals surface area contributed by atoms with Gasteiger partial charge in [-0.05, 0) is 48.4 Å². The average molecular weight is 421 g/mol. The van der Waals surface area contributed by atoms with Crippen molar-refractivity contribution in [2.24, 2.45) is 0 Å². The fraction of sp³-hybridized carbons (Fsp3) is 0.333. The van der Waals surface area contributed by atoms with Crippen LogP contribution in [0.4, 0.5) is 13.2 Å². The normalized spacial score (nSPS) is 20.1. The maximum Gasteiger partial charge on any atom is 0.216 e. The molecule has 2 unspecified atom stereocenters. The zero-order valence-electron chi connectivity index (χ0n) is 14.3. The van der Waals surface area contributed by atoms with E-state index in [0.29, 0.717) is 30.6 Å². The Morgan fingerprint density at radius 2 is 1.85 bits per heavy atom. The second-order valence-corrected chi connectivity index (χ2v) is 8.14. The van der Waals surface area contributed by atoms with Gasteiger partial charge in [-0.25, -0.2) is 26.3 Å². The monoisotopic (exact) mass is 420 g/mol. The van der Waals surface area contributed by atoms with Gasteiger partial charge in [-0.2, -0.15) is 0 Å². The highest BCUT2D eigenvalue weighted by Crippen LogP contribution is 2.27. The van der Waals surface area contributed by atoms with Gasteiger partial charge in [0.15, 0.2) is 11.6 Å². The second kappa shape index (κ2) is 9.05. The van der Waals surface area contributed by atoms with Crippen LogP contribution >= 0.6 is 12.4 Å². The molecule has 0 aliphatic carbocycles. The topological polar surface area (TPSA) is 58.2 Å². The molecule has 9 heteroatoms. The number of rotatable bonds is 5. The van der Waals surface area contributed by atoms with E-state index in [1.807, 2.05) is 0 Å². The summed E-state index contributed by atoms with van der Waals surface area (Å²) in [5, 5.41) is 3.10. The fourth-order valence-corrected chi connectivity index (χ4v) is 4.65. The largest absolute Gasteiger partial charge is 0.315 e. The highest BCUT2D eigenvalue weighted by molar-refractivity contribution is 7.88. The van der Waals surface area contributed by atoms with Gasteiger partial charge < -0.3 is 5.32 Å². The van der Waals surface area contributed by atoms with Crippen molar-refractivity contribution in [2.45, 2.75) is 24.1 Å². The van der Waals surface area contributed by atoms with Crippen molar-refractivity contribution in [3.05, 3.63) is 71.0 Å². The Morgan fingerprint density at radius 1 is 1.07 bits per heavy atom. The van der Waals surface area contributed by atoms with Crippen LogP contribution in [0.15, 0.2) is 42.5 Å². The van der Waals surface area contributed by atoms with Crippen LogP contribution in [-0.2, 0) is 15.8 Å². The summed E-state index contributed by atoms with van der Waals surface area (Å²) in [4.78, 5) is 0. The van der Waals surface area contributed by atoms with E-state index >= 15 is 0 Å². The van der Waals surface area contributed by atoms with Crippen molar-refractivity contribution in [3.8, 4) is 0 Å². The molecule has 0 aromatic heterocycles. The van der Waals surface area contributed by atoms with E-state index in [4.69, 9.17) is 0 Å². The van der Waals surface area contributed by atoms with E-state index in [0.717, 1.165) is 12.1 Å². The van der Waals surface area contributed by atoms with Gasteiger partial charge in [0.05, 0.1) is 5.75 Å². The zero-order valence-corrected chi connectivity index (χ0v) is 15.9. The van der Waals surface area contributed by atoms with Gasteiger partial charge >= 0.3 is 0 Å². The number of hydrogen-bond acceptors (Lipinski definition) is 3. The lowest BCUT2D eigenvalue weighted by molar-refractivity contribution is 0.376. The van der Waals surface area contributed by atoms with Crippen LogP contribution in [0, 0.1) is 17.5 Å². The van der Waals surface area contributed by atoms with Gasteiger partial charge in [-0.15, -0.1) is 12.4 Å². The van der Waals surface area contributed by atoms with Gasteiger partial charge in [0, 0.05) is 18.5 Å². The molecule has 0 radical (unpaired) electrons. The summed E-state index contributed by atoms with van der Waals surface area (Å²) in [7, 11) is -3.73. The van der Waals surface area contributed by atoms with Crippen molar-refractivity contribution in [3.63, 3.8) is 0 Å². The minimum atomic E-state index is -3.73. The first-order valence-corrected chi connectivity index (χ1v) is 9.89. The molecule has 2 aromatic rings. The third kappa shape index (κ3) is 5.68. The second-order valence-electron chi connectivity index (χ2n) is 6.39. The van der Waals surface area contributed by atoms with Crippen LogP contribution in [-0.4, -0.2) is 27.5 Å². The van der Waals surface area contributed by atoms with Crippen LogP contribution < -0.4 is 10.0 Å². The summed E-state index contributed by atoms with van der Waals surface area (Å²) >= 11 is 0. The molecule has 0 spiro atoms. The van der Waals surface area contributed by atoms with E-state index < -0.39 is 33.5 Å². The maximum absolute atomic E-state index is 13.6. The summed E-state index contributed by atoms with van der Waals surface area (Å²) in [6, 6.07) is 8.53. The molecule has 2 N–H and O–H groups in total. The average Bonchev–Trinajstić information content (AvgIpc) is 2.57. The molecule has 1 heterocycles. The van der Waals surface area contributed by atoms with E-state index in [1.165, 1.54) is 30.3 Å². The summed E-state index contributed by atoms with van der Waals surface area (Å²) < 4.78 is 67.6. The Balaban J connectivity index is 0.00000261. The molecule has 0 amide bonds. The fourth-order valence-electron chi connectivity index (χ4n) is 3.24. The number of benzene rings is 2. The van der Waals surface area contributed by atoms with E-state index in [2.05, 4.69) is 10.0 Å². The molecule has 1 saturated heterocycles. The van der Waals surface area contributed by atoms with Crippen molar-refractivity contribution >= 4 is 22.4 Å². The molecule has 2 atom stereocenters. The van der Waals surface area contributed by atoms with Crippen molar-refractivity contribution in [2.75, 3.05) is 13.1 Å². The summed E-state index contributed by atoms with van der Waals surface area (Å²) in [6.45, 7) is 1.01. The Morgan fingerprint density at radius 3 is 2.56 bits per heavy atom. The number of hydrogen-bond donors (Lipinski definition) is 2. The standard InChI is InChI=1S/C18H19F3N2O2S.ClH/c19-14-3-1-2-12(8-14)11-26(24,25)23-18-10-22-7-6-15(18)13-4-5-16(20)17(21)9-13;/h1-5,8-9,15,18,22-23H,6-7,10-11H2;1H. The molecule has 27 heavy (non-hydrogen) atoms. The van der Waals surface area contributed by atoms with Gasteiger partial charge in [-0.3, -0.25) is 0 Å². The van der Waals surface area contributed by atoms with Crippen LogP contribution in [0.25, 0.3) is 0 Å². The molecule has 0 saturated carbocycles. The first-order chi connectivity index (χ1) is 12.3. The molecule has 3 rings (SSSR count). The van der Waals surface area contributed by atoms with Gasteiger partial charge in [0.25, 0.3) is 0 Å². The summed E-state index contributed by atoms with van der Waals surface area (Å²) in [5.41, 5.74) is 0.884. The lowest BCUT2D eigenvalue weighted by atomic mass is 9.86. The van der Waals surface area contributed by atoms with E-state index in [9.17, 15) is 21.6 Å². The minimum Gasteiger partial charge on any atom is -0.315 e. The first-order valence-electron chi connectivity index (χ1n) is 8.24. The van der Waals surface area contributed by atoms with Crippen LogP contribution in [0.1, 0.15) is 23.5 Å². The number of sulfonamides is 1. The van der Waals surface area contributed by atoms with Gasteiger partial charge in [-0.1, -0.05) is 18.2 Å². The highest BCUT2D eigenvalue weighted by atomic mass is 35.5. The molecule has 4 nitrogen and oxygen atoms in total. The molecular weight excluding hydrogens is 401 g/mol. The molecular formula is C18H20ClF3N2O2S. The number of piperidine rings is 1. The molecule has 1 aliphatic heterocycles. The molecule has 1 aliphatic rings. The lowest BCUT2D eigenvalue weighted by Crippen LogP contribution is -2.50. The number of nitrogens with one attached hydrogen (secondary N) is 2. The lowest BCUT2D eigenvalue weighted by Gasteiger charge is -2.33. The van der Waals surface area contributed by atoms with Crippen molar-refractivity contribution < 1.29 is 21.6 Å². The zero-order chi connectivity index (χ0) is 18.7. The third-order valence-electron chi connectivity index (χ3n) is 4.43. The maximum atomic E-state index is 13.6. The Hall–Kier alpha value is -1.61. The van der Waals surface area contributed by atoms with Crippen molar-refractivity contribution in [1.82, 2.24) is 10.0 Å². The SMILES string of the molecule is Cl.O=S(=O)(Cc1cccc(F)c1)NC1CNCCC1c1ccc(F)c(F)c1. The van der Waals surface area contributed by atoms with E-state index in [-0.39, 0.29) is 24.1 Å². The highest BCUT2D eigenvalue weighted by Gasteiger charge is 2.30. The quantitative estimate of drug-likeness (QED) is 0.781. The number of halogens is 4. The van der Waals surface area contributed by atoms with E-state index in [1.54, 1.807) is 0 Å². The van der Waals surface area contributed by atoms with Crippen LogP contribution in [0.2, 0.25) is 0 Å². The van der Waals surface area contributed by atoms with Crippen LogP contribution in [0.5, 0.6) is 0 Å². The van der Waals surface area contributed by atoms with Gasteiger partial charge in [0.1, 0.15) is 5.82 Å². The molecule has 2 aromatic carbocycles. The molecule has 148 valence electrons. The van der Waals surface area contributed by atoms with Crippen molar-refractivity contribution in [1.29, 1.82) is 0 Å². The summed E-state index contributed by atoms with van der Waals surface area (Å²) in [5.74, 6) is -3.04. The molecule has 1 fully saturated rings. The molecule has 0 bridgehead atoms. The summed E-state index contributed by atoms with van der Waals surface area (Å²) in [6.07, 6.45) is 0.582. The Kier molecular flexibility index (Phi) is 7.27.